The predicted octanol–water partition coefficient (Wildman–Crippen LogP) is 7.78. The van der Waals surface area contributed by atoms with Crippen LogP contribution in [0.5, 0.6) is 0 Å². The number of aliphatic hydroxyl groups is 5. The molecule has 0 aromatic rings. The Kier molecular flexibility index (Phi) is 30.6. The molecule has 1 saturated heterocycles. The Labute approximate surface area is 306 Å². The lowest BCUT2D eigenvalue weighted by molar-refractivity contribution is -0.302. The molecule has 1 fully saturated rings. The van der Waals surface area contributed by atoms with Gasteiger partial charge in [-0.15, -0.1) is 0 Å². The number of hydrogen-bond donors (Lipinski definition) is 6. The minimum Gasteiger partial charge on any atom is -0.394 e. The van der Waals surface area contributed by atoms with Gasteiger partial charge in [0.2, 0.25) is 5.91 Å². The van der Waals surface area contributed by atoms with Crippen LogP contribution in [0.25, 0.3) is 0 Å². The maximum atomic E-state index is 12.9. The topological polar surface area (TPSA) is 149 Å². The Morgan fingerprint density at radius 1 is 0.660 bits per heavy atom. The van der Waals surface area contributed by atoms with Crippen molar-refractivity contribution >= 4 is 5.91 Å². The second-order valence-corrected chi connectivity index (χ2v) is 14.8. The Morgan fingerprint density at radius 3 is 1.62 bits per heavy atom. The lowest BCUT2D eigenvalue weighted by atomic mass is 9.99. The molecule has 0 bridgehead atoms. The molecule has 2 unspecified atom stereocenters. The fourth-order valence-corrected chi connectivity index (χ4v) is 6.68. The zero-order valence-corrected chi connectivity index (χ0v) is 32.2. The molecular weight excluding hydrogens is 634 g/mol. The Balaban J connectivity index is 2.40. The predicted molar refractivity (Wildman–Crippen MR) is 203 cm³/mol. The summed E-state index contributed by atoms with van der Waals surface area (Å²) in [6.07, 6.45) is 27.9. The van der Waals surface area contributed by atoms with Gasteiger partial charge in [-0.25, -0.2) is 0 Å². The van der Waals surface area contributed by atoms with Crippen molar-refractivity contribution in [1.29, 1.82) is 0 Å². The van der Waals surface area contributed by atoms with Gasteiger partial charge in [-0.3, -0.25) is 4.79 Å². The van der Waals surface area contributed by atoms with Gasteiger partial charge < -0.3 is 40.3 Å². The third-order valence-corrected chi connectivity index (χ3v) is 10.1. The van der Waals surface area contributed by atoms with Gasteiger partial charge >= 0.3 is 0 Å². The highest BCUT2D eigenvalue weighted by Crippen LogP contribution is 2.23. The number of ether oxygens (including phenoxy) is 2. The summed E-state index contributed by atoms with van der Waals surface area (Å²) < 4.78 is 11.2. The van der Waals surface area contributed by atoms with Crippen molar-refractivity contribution in [3.63, 3.8) is 0 Å². The number of carbonyl (C=O) groups excluding carboxylic acids is 1. The first-order chi connectivity index (χ1) is 24.3. The SMILES string of the molecule is CCCCCCCCC/C=C/CCCC[C@@H](O)[C@H](CO[C@H]1O[C@@H](CO)[C@H](O)C(O)C1O)NC(=O)CCCCCCCCCCCCCCCC. The van der Waals surface area contributed by atoms with E-state index in [1.165, 1.54) is 116 Å². The maximum absolute atomic E-state index is 12.9. The van der Waals surface area contributed by atoms with E-state index in [0.29, 0.717) is 12.8 Å². The highest BCUT2D eigenvalue weighted by atomic mass is 16.7. The number of hydrogen-bond acceptors (Lipinski definition) is 8. The smallest absolute Gasteiger partial charge is 0.220 e. The molecule has 1 aliphatic heterocycles. The maximum Gasteiger partial charge on any atom is 0.220 e. The minimum absolute atomic E-state index is 0.146. The van der Waals surface area contributed by atoms with Crippen molar-refractivity contribution < 1.29 is 39.8 Å². The van der Waals surface area contributed by atoms with Crippen LogP contribution in [0.1, 0.15) is 187 Å². The van der Waals surface area contributed by atoms with Crippen LogP contribution in [0.15, 0.2) is 12.2 Å². The molecular formula is C41H79NO8. The summed E-state index contributed by atoms with van der Waals surface area (Å²) in [7, 11) is 0. The van der Waals surface area contributed by atoms with Crippen molar-refractivity contribution in [3.05, 3.63) is 12.2 Å². The molecule has 7 atom stereocenters. The van der Waals surface area contributed by atoms with Crippen molar-refractivity contribution in [2.24, 2.45) is 0 Å². The molecule has 1 aliphatic rings. The largest absolute Gasteiger partial charge is 0.394 e. The van der Waals surface area contributed by atoms with Crippen LogP contribution in [0, 0.1) is 0 Å². The zero-order valence-electron chi connectivity index (χ0n) is 32.2. The van der Waals surface area contributed by atoms with Gasteiger partial charge in [-0.2, -0.15) is 0 Å². The van der Waals surface area contributed by atoms with Crippen LogP contribution in [-0.2, 0) is 14.3 Å². The van der Waals surface area contributed by atoms with E-state index in [1.54, 1.807) is 0 Å². The van der Waals surface area contributed by atoms with Crippen LogP contribution in [-0.4, -0.2) is 87.5 Å². The van der Waals surface area contributed by atoms with E-state index in [0.717, 1.165) is 44.9 Å². The number of unbranched alkanes of at least 4 members (excludes halogenated alkanes) is 22. The second-order valence-electron chi connectivity index (χ2n) is 14.8. The van der Waals surface area contributed by atoms with Crippen molar-refractivity contribution in [3.8, 4) is 0 Å². The number of carbonyl (C=O) groups is 1. The third kappa shape index (κ3) is 23.5. The number of nitrogens with one attached hydrogen (secondary N) is 1. The summed E-state index contributed by atoms with van der Waals surface area (Å²) in [6, 6.07) is -0.727. The molecule has 1 rings (SSSR count). The van der Waals surface area contributed by atoms with Crippen molar-refractivity contribution in [2.45, 2.75) is 230 Å². The van der Waals surface area contributed by atoms with E-state index >= 15 is 0 Å². The quantitative estimate of drug-likeness (QED) is 0.0293. The summed E-state index contributed by atoms with van der Waals surface area (Å²) in [5, 5.41) is 54.1. The zero-order chi connectivity index (χ0) is 36.7. The normalized spacial score (nSPS) is 22.3. The van der Waals surface area contributed by atoms with Crippen LogP contribution in [0.3, 0.4) is 0 Å². The Morgan fingerprint density at radius 2 is 1.12 bits per heavy atom. The highest BCUT2D eigenvalue weighted by Gasteiger charge is 2.44. The molecule has 0 aliphatic carbocycles. The molecule has 1 amide bonds. The van der Waals surface area contributed by atoms with E-state index in [4.69, 9.17) is 9.47 Å². The average Bonchev–Trinajstić information content (AvgIpc) is 3.11. The van der Waals surface area contributed by atoms with E-state index in [1.807, 2.05) is 0 Å². The van der Waals surface area contributed by atoms with Gasteiger partial charge in [0, 0.05) is 6.42 Å². The Bertz CT molecular complexity index is 797. The van der Waals surface area contributed by atoms with Crippen LogP contribution in [0.2, 0.25) is 0 Å². The van der Waals surface area contributed by atoms with Crippen molar-refractivity contribution in [1.82, 2.24) is 5.32 Å². The molecule has 9 heteroatoms. The molecule has 9 nitrogen and oxygen atoms in total. The van der Waals surface area contributed by atoms with Gasteiger partial charge in [-0.05, 0) is 38.5 Å². The van der Waals surface area contributed by atoms with E-state index in [9.17, 15) is 30.3 Å². The number of rotatable bonds is 34. The first-order valence-electron chi connectivity index (χ1n) is 20.9. The highest BCUT2D eigenvalue weighted by molar-refractivity contribution is 5.76. The molecule has 0 aromatic heterocycles. The third-order valence-electron chi connectivity index (χ3n) is 10.1. The average molecular weight is 714 g/mol. The monoisotopic (exact) mass is 714 g/mol. The lowest BCUT2D eigenvalue weighted by Crippen LogP contribution is -2.60. The Hall–Kier alpha value is -1.07. The number of amides is 1. The first-order valence-corrected chi connectivity index (χ1v) is 20.9. The molecule has 50 heavy (non-hydrogen) atoms. The summed E-state index contributed by atoms with van der Waals surface area (Å²) >= 11 is 0. The molecule has 0 saturated carbocycles. The fraction of sp³-hybridized carbons (Fsp3) is 0.927. The lowest BCUT2D eigenvalue weighted by Gasteiger charge is -2.40. The second kappa shape index (κ2) is 32.6. The summed E-state index contributed by atoms with van der Waals surface area (Å²) in [4.78, 5) is 12.9. The van der Waals surface area contributed by atoms with Crippen LogP contribution in [0.4, 0.5) is 0 Å². The first kappa shape index (κ1) is 47.0. The van der Waals surface area contributed by atoms with Gasteiger partial charge in [0.05, 0.1) is 25.4 Å². The van der Waals surface area contributed by atoms with Gasteiger partial charge in [0.1, 0.15) is 24.4 Å². The number of aliphatic hydroxyl groups excluding tert-OH is 5. The minimum atomic E-state index is -1.55. The summed E-state index contributed by atoms with van der Waals surface area (Å²) in [5.41, 5.74) is 0. The van der Waals surface area contributed by atoms with E-state index in [-0.39, 0.29) is 12.5 Å². The summed E-state index contributed by atoms with van der Waals surface area (Å²) in [5.74, 6) is -0.154. The molecule has 0 aromatic carbocycles. The van der Waals surface area contributed by atoms with Crippen LogP contribution >= 0.6 is 0 Å². The molecule has 6 N–H and O–H groups in total. The standard InChI is InChI=1S/C41H79NO8/c1-3-5-7-9-11-13-15-17-19-21-23-25-27-29-31-37(45)42-34(33-49-41-40(48)39(47)38(46)36(32-43)50-41)35(44)30-28-26-24-22-20-18-16-14-12-10-8-6-4-2/h20,22,34-36,38-41,43-44,46-48H,3-19,21,23-33H2,1-2H3,(H,42,45)/b22-20+/t34-,35+,36-,38-,39?,40?,41-/m0/s1. The fourth-order valence-electron chi connectivity index (χ4n) is 6.68. The van der Waals surface area contributed by atoms with Crippen molar-refractivity contribution in [2.75, 3.05) is 13.2 Å². The van der Waals surface area contributed by atoms with Gasteiger partial charge in [-0.1, -0.05) is 154 Å². The van der Waals surface area contributed by atoms with Crippen LogP contribution < -0.4 is 5.32 Å². The number of allylic oxidation sites excluding steroid dienone is 2. The summed E-state index contributed by atoms with van der Waals surface area (Å²) in [6.45, 7) is 3.80. The van der Waals surface area contributed by atoms with Gasteiger partial charge in [0.25, 0.3) is 0 Å². The molecule has 1 heterocycles. The molecule has 0 radical (unpaired) electrons. The van der Waals surface area contributed by atoms with E-state index in [2.05, 4.69) is 31.3 Å². The molecule has 296 valence electrons. The van der Waals surface area contributed by atoms with E-state index < -0.39 is 49.5 Å². The van der Waals surface area contributed by atoms with Gasteiger partial charge in [0.15, 0.2) is 6.29 Å². The molecule has 0 spiro atoms.